The predicted octanol–water partition coefficient (Wildman–Crippen LogP) is 2.82. The highest BCUT2D eigenvalue weighted by Crippen LogP contribution is 2.32. The average Bonchev–Trinajstić information content (AvgIpc) is 2.88. The summed E-state index contributed by atoms with van der Waals surface area (Å²) < 4.78 is 0.933. The molecular weight excluding hydrogens is 290 g/mol. The number of anilines is 1. The molecule has 7 heteroatoms. The molecule has 0 saturated heterocycles. The zero-order chi connectivity index (χ0) is 14.5. The normalized spacial score (nSPS) is 12.4. The van der Waals surface area contributed by atoms with Crippen LogP contribution in [-0.2, 0) is 0 Å². The van der Waals surface area contributed by atoms with Crippen LogP contribution < -0.4 is 10.2 Å². The second-order valence-electron chi connectivity index (χ2n) is 4.55. The fraction of sp³-hybridized carbons (Fsp3) is 0.462. The van der Waals surface area contributed by atoms with Gasteiger partial charge in [0, 0.05) is 31.2 Å². The Kier molecular flexibility index (Phi) is 5.33. The van der Waals surface area contributed by atoms with Crippen LogP contribution in [-0.4, -0.2) is 35.8 Å². The molecule has 1 N–H and O–H groups in total. The highest BCUT2D eigenvalue weighted by atomic mass is 32.2. The molecule has 0 bridgehead atoms. The summed E-state index contributed by atoms with van der Waals surface area (Å²) in [6.45, 7) is 5.16. The van der Waals surface area contributed by atoms with Crippen molar-refractivity contribution in [3.63, 3.8) is 0 Å². The van der Waals surface area contributed by atoms with E-state index in [4.69, 9.17) is 0 Å². The maximum absolute atomic E-state index is 4.50. The number of hydrogen-bond donors (Lipinski definition) is 1. The van der Waals surface area contributed by atoms with Gasteiger partial charge >= 0.3 is 0 Å². The van der Waals surface area contributed by atoms with Gasteiger partial charge in [-0.2, -0.15) is 0 Å². The highest BCUT2D eigenvalue weighted by molar-refractivity contribution is 8.01. The summed E-state index contributed by atoms with van der Waals surface area (Å²) in [6.07, 6.45) is 1.89. The molecule has 2 aromatic rings. The summed E-state index contributed by atoms with van der Waals surface area (Å²) in [5.74, 6) is 0. The van der Waals surface area contributed by atoms with Crippen molar-refractivity contribution in [1.82, 2.24) is 20.5 Å². The molecule has 2 rings (SSSR count). The van der Waals surface area contributed by atoms with E-state index in [-0.39, 0.29) is 6.04 Å². The molecule has 20 heavy (non-hydrogen) atoms. The van der Waals surface area contributed by atoms with E-state index in [9.17, 15) is 0 Å². The monoisotopic (exact) mass is 309 g/mol. The summed E-state index contributed by atoms with van der Waals surface area (Å²) in [4.78, 5) is 7.54. The Labute approximate surface area is 127 Å². The first kappa shape index (κ1) is 15.2. The van der Waals surface area contributed by atoms with Crippen molar-refractivity contribution in [2.45, 2.75) is 29.1 Å². The van der Waals surface area contributed by atoms with Gasteiger partial charge in [-0.3, -0.25) is 4.98 Å². The van der Waals surface area contributed by atoms with Crippen molar-refractivity contribution >= 4 is 28.2 Å². The average molecular weight is 309 g/mol. The van der Waals surface area contributed by atoms with Crippen molar-refractivity contribution in [2.24, 2.45) is 0 Å². The fourth-order valence-corrected chi connectivity index (χ4v) is 3.35. The quantitative estimate of drug-likeness (QED) is 0.885. The van der Waals surface area contributed by atoms with Gasteiger partial charge in [-0.1, -0.05) is 30.0 Å². The minimum Gasteiger partial charge on any atom is -0.353 e. The second kappa shape index (κ2) is 7.01. The van der Waals surface area contributed by atoms with Crippen LogP contribution in [0.1, 0.15) is 25.6 Å². The summed E-state index contributed by atoms with van der Waals surface area (Å²) in [5.41, 5.74) is 1.06. The molecule has 0 aliphatic rings. The molecule has 0 aromatic carbocycles. The van der Waals surface area contributed by atoms with Gasteiger partial charge in [-0.25, -0.2) is 0 Å². The van der Waals surface area contributed by atoms with Crippen LogP contribution in [0.3, 0.4) is 0 Å². The van der Waals surface area contributed by atoms with Crippen LogP contribution in [0.5, 0.6) is 0 Å². The number of pyridine rings is 1. The van der Waals surface area contributed by atoms with Gasteiger partial charge in [0.1, 0.15) is 0 Å². The van der Waals surface area contributed by atoms with Crippen LogP contribution in [0.15, 0.2) is 27.6 Å². The van der Waals surface area contributed by atoms with Gasteiger partial charge in [0.15, 0.2) is 4.34 Å². The van der Waals surface area contributed by atoms with Gasteiger partial charge in [0.05, 0.1) is 5.69 Å². The lowest BCUT2D eigenvalue weighted by Gasteiger charge is -2.11. The molecule has 108 valence electrons. The summed E-state index contributed by atoms with van der Waals surface area (Å²) in [5, 5.41) is 12.6. The lowest BCUT2D eigenvalue weighted by molar-refractivity contribution is 0.582. The zero-order valence-corrected chi connectivity index (χ0v) is 13.8. The van der Waals surface area contributed by atoms with Crippen molar-refractivity contribution in [3.8, 4) is 0 Å². The van der Waals surface area contributed by atoms with Crippen LogP contribution >= 0.6 is 23.1 Å². The van der Waals surface area contributed by atoms with Crippen molar-refractivity contribution < 1.29 is 0 Å². The number of nitrogens with one attached hydrogen (secondary N) is 1. The minimum atomic E-state index is 0.279. The van der Waals surface area contributed by atoms with E-state index in [1.54, 1.807) is 23.1 Å². The first-order chi connectivity index (χ1) is 9.60. The van der Waals surface area contributed by atoms with E-state index in [2.05, 4.69) is 46.5 Å². The first-order valence-corrected chi connectivity index (χ1v) is 8.11. The Morgan fingerprint density at radius 2 is 2.15 bits per heavy atom. The van der Waals surface area contributed by atoms with Crippen LogP contribution in [0.4, 0.5) is 5.13 Å². The molecule has 0 spiro atoms. The van der Waals surface area contributed by atoms with Gasteiger partial charge in [0.2, 0.25) is 5.13 Å². The molecule has 0 saturated carbocycles. The van der Waals surface area contributed by atoms with Gasteiger partial charge in [0.25, 0.3) is 0 Å². The smallest absolute Gasteiger partial charge is 0.208 e. The number of aromatic nitrogens is 3. The van der Waals surface area contributed by atoms with E-state index in [0.717, 1.165) is 26.6 Å². The first-order valence-electron chi connectivity index (χ1n) is 6.48. The lowest BCUT2D eigenvalue weighted by Crippen LogP contribution is -2.18. The predicted molar refractivity (Wildman–Crippen MR) is 84.7 cm³/mol. The molecule has 5 nitrogen and oxygen atoms in total. The third kappa shape index (κ3) is 3.91. The van der Waals surface area contributed by atoms with Gasteiger partial charge < -0.3 is 10.2 Å². The Bertz CT molecular complexity index is 538. The van der Waals surface area contributed by atoms with Crippen LogP contribution in [0, 0.1) is 0 Å². The third-order valence-corrected chi connectivity index (χ3v) is 4.82. The minimum absolute atomic E-state index is 0.279. The fourth-order valence-electron chi connectivity index (χ4n) is 1.64. The van der Waals surface area contributed by atoms with Crippen molar-refractivity contribution in [2.75, 3.05) is 25.5 Å². The largest absolute Gasteiger partial charge is 0.353 e. The second-order valence-corrected chi connectivity index (χ2v) is 6.82. The third-order valence-electron chi connectivity index (χ3n) is 2.70. The lowest BCUT2D eigenvalue weighted by atomic mass is 10.2. The van der Waals surface area contributed by atoms with Crippen LogP contribution in [0.2, 0.25) is 0 Å². The van der Waals surface area contributed by atoms with Crippen molar-refractivity contribution in [3.05, 3.63) is 24.0 Å². The molecule has 0 fully saturated rings. The molecule has 1 unspecified atom stereocenters. The molecule has 0 aliphatic carbocycles. The van der Waals surface area contributed by atoms with E-state index >= 15 is 0 Å². The van der Waals surface area contributed by atoms with Gasteiger partial charge in [-0.05, 0) is 25.6 Å². The van der Waals surface area contributed by atoms with Crippen LogP contribution in [0.25, 0.3) is 0 Å². The molecule has 0 radical (unpaired) electrons. The number of nitrogens with zero attached hydrogens (tertiary/aromatic N) is 4. The zero-order valence-electron chi connectivity index (χ0n) is 12.1. The van der Waals surface area contributed by atoms with E-state index < -0.39 is 0 Å². The number of hydrogen-bond acceptors (Lipinski definition) is 7. The molecular formula is C13H19N5S2. The summed E-state index contributed by atoms with van der Waals surface area (Å²) in [6, 6.07) is 4.42. The number of rotatable bonds is 6. The molecule has 2 aromatic heterocycles. The van der Waals surface area contributed by atoms with E-state index in [0.29, 0.717) is 0 Å². The summed E-state index contributed by atoms with van der Waals surface area (Å²) >= 11 is 3.18. The Balaban J connectivity index is 2.02. The maximum atomic E-state index is 4.50. The van der Waals surface area contributed by atoms with E-state index in [1.165, 1.54) is 0 Å². The van der Waals surface area contributed by atoms with Gasteiger partial charge in [-0.15, -0.1) is 10.2 Å². The topological polar surface area (TPSA) is 53.9 Å². The van der Waals surface area contributed by atoms with E-state index in [1.807, 2.05) is 25.2 Å². The highest BCUT2D eigenvalue weighted by Gasteiger charge is 2.09. The van der Waals surface area contributed by atoms with Crippen molar-refractivity contribution in [1.29, 1.82) is 0 Å². The molecule has 1 atom stereocenters. The Morgan fingerprint density at radius 1 is 1.35 bits per heavy atom. The Morgan fingerprint density at radius 3 is 2.70 bits per heavy atom. The standard InChI is InChI=1S/C13H19N5S2/c1-5-14-9(2)11-7-6-10(8-15-11)19-13-17-16-12(20-13)18(3)4/h6-9,14H,5H2,1-4H3. The maximum Gasteiger partial charge on any atom is 0.208 e. The Hall–Kier alpha value is -1.18. The summed E-state index contributed by atoms with van der Waals surface area (Å²) in [7, 11) is 3.93. The molecule has 0 aliphatic heterocycles. The molecule has 0 amide bonds. The SMILES string of the molecule is CCNC(C)c1ccc(Sc2nnc(N(C)C)s2)cn1. The molecule has 2 heterocycles.